The van der Waals surface area contributed by atoms with E-state index < -0.39 is 0 Å². The smallest absolute Gasteiger partial charge is 0.169 e. The first-order valence-electron chi connectivity index (χ1n) is 8.11. The quantitative estimate of drug-likeness (QED) is 0.815. The zero-order valence-corrected chi connectivity index (χ0v) is 13.5. The molecule has 21 heavy (non-hydrogen) atoms. The van der Waals surface area contributed by atoms with Crippen LogP contribution in [0.2, 0.25) is 0 Å². The summed E-state index contributed by atoms with van der Waals surface area (Å²) in [5.41, 5.74) is 0.654. The molecule has 0 unspecified atom stereocenters. The van der Waals surface area contributed by atoms with Gasteiger partial charge in [0.1, 0.15) is 0 Å². The molecular weight excluding hydrogens is 265 g/mol. The summed E-state index contributed by atoms with van der Waals surface area (Å²) >= 11 is 0. The second-order valence-electron chi connectivity index (χ2n) is 7.07. The van der Waals surface area contributed by atoms with E-state index in [-0.39, 0.29) is 11.4 Å². The van der Waals surface area contributed by atoms with Crippen LogP contribution in [0.3, 0.4) is 0 Å². The van der Waals surface area contributed by atoms with Crippen molar-refractivity contribution >= 4 is 5.82 Å². The van der Waals surface area contributed by atoms with Gasteiger partial charge in [0, 0.05) is 29.9 Å². The third-order valence-electron chi connectivity index (χ3n) is 3.97. The van der Waals surface area contributed by atoms with Crippen molar-refractivity contribution in [2.45, 2.75) is 77.4 Å². The van der Waals surface area contributed by atoms with Crippen LogP contribution in [-0.2, 0) is 6.54 Å². The van der Waals surface area contributed by atoms with Crippen LogP contribution in [0.4, 0.5) is 10.2 Å². The Labute approximate surface area is 127 Å². The van der Waals surface area contributed by atoms with Crippen LogP contribution in [-0.4, -0.2) is 16.6 Å². The first kappa shape index (κ1) is 16.2. The number of nitrogens with zero attached hydrogens (tertiary/aromatic N) is 1. The van der Waals surface area contributed by atoms with Gasteiger partial charge in [0.2, 0.25) is 0 Å². The second kappa shape index (κ2) is 7.21. The van der Waals surface area contributed by atoms with Gasteiger partial charge >= 0.3 is 0 Å². The Morgan fingerprint density at radius 1 is 1.19 bits per heavy atom. The Morgan fingerprint density at radius 2 is 1.86 bits per heavy atom. The van der Waals surface area contributed by atoms with Gasteiger partial charge in [-0.15, -0.1) is 0 Å². The molecule has 1 aromatic rings. The first-order valence-corrected chi connectivity index (χ1v) is 8.11. The lowest BCUT2D eigenvalue weighted by Crippen LogP contribution is -2.35. The van der Waals surface area contributed by atoms with Gasteiger partial charge in [0.05, 0.1) is 0 Å². The maximum Gasteiger partial charge on any atom is 0.169 e. The molecule has 2 rings (SSSR count). The van der Waals surface area contributed by atoms with Gasteiger partial charge in [0.15, 0.2) is 11.6 Å². The maximum absolute atomic E-state index is 14.5. The molecule has 1 aliphatic rings. The Hall–Kier alpha value is -1.16. The van der Waals surface area contributed by atoms with E-state index in [0.717, 1.165) is 12.8 Å². The second-order valence-corrected chi connectivity index (χ2v) is 7.07. The molecular formula is C17H28FN3. The fourth-order valence-corrected chi connectivity index (χ4v) is 2.70. The molecule has 0 saturated heterocycles. The number of aromatic nitrogens is 1. The number of anilines is 1. The highest BCUT2D eigenvalue weighted by molar-refractivity contribution is 5.40. The topological polar surface area (TPSA) is 37.0 Å². The molecule has 1 fully saturated rings. The Kier molecular flexibility index (Phi) is 5.57. The molecule has 1 aromatic heterocycles. The zero-order chi connectivity index (χ0) is 15.3. The molecule has 0 aliphatic heterocycles. The molecule has 1 aliphatic carbocycles. The fourth-order valence-electron chi connectivity index (χ4n) is 2.70. The minimum absolute atomic E-state index is 0.0232. The summed E-state index contributed by atoms with van der Waals surface area (Å²) in [6.45, 7) is 6.77. The largest absolute Gasteiger partial charge is 0.365 e. The van der Waals surface area contributed by atoms with Crippen molar-refractivity contribution in [2.75, 3.05) is 5.32 Å². The molecule has 0 bridgehead atoms. The summed E-state index contributed by atoms with van der Waals surface area (Å²) in [5, 5.41) is 6.64. The molecule has 0 spiro atoms. The molecule has 1 saturated carbocycles. The van der Waals surface area contributed by atoms with Crippen molar-refractivity contribution in [1.29, 1.82) is 0 Å². The molecule has 3 nitrogen and oxygen atoms in total. The van der Waals surface area contributed by atoms with E-state index in [0.29, 0.717) is 24.0 Å². The molecule has 0 aromatic carbocycles. The van der Waals surface area contributed by atoms with E-state index >= 15 is 0 Å². The highest BCUT2D eigenvalue weighted by Gasteiger charge is 2.17. The van der Waals surface area contributed by atoms with Crippen LogP contribution < -0.4 is 10.6 Å². The van der Waals surface area contributed by atoms with Crippen molar-refractivity contribution in [3.05, 3.63) is 23.6 Å². The zero-order valence-electron chi connectivity index (χ0n) is 13.5. The highest BCUT2D eigenvalue weighted by Crippen LogP contribution is 2.23. The van der Waals surface area contributed by atoms with Crippen LogP contribution in [0.25, 0.3) is 0 Å². The first-order chi connectivity index (χ1) is 9.96. The van der Waals surface area contributed by atoms with Gasteiger partial charge in [-0.25, -0.2) is 9.37 Å². The normalized spacial score (nSPS) is 17.5. The Morgan fingerprint density at radius 3 is 2.48 bits per heavy atom. The van der Waals surface area contributed by atoms with Crippen LogP contribution in [0.1, 0.15) is 64.9 Å². The number of pyridine rings is 1. The van der Waals surface area contributed by atoms with Crippen LogP contribution >= 0.6 is 0 Å². The Bertz CT molecular complexity index is 446. The van der Waals surface area contributed by atoms with E-state index in [1.54, 1.807) is 12.3 Å². The van der Waals surface area contributed by atoms with Crippen LogP contribution in [0.5, 0.6) is 0 Å². The number of rotatable bonds is 4. The van der Waals surface area contributed by atoms with Crippen molar-refractivity contribution in [2.24, 2.45) is 0 Å². The monoisotopic (exact) mass is 293 g/mol. The summed E-state index contributed by atoms with van der Waals surface area (Å²) < 4.78 is 14.5. The fraction of sp³-hybridized carbons (Fsp3) is 0.706. The van der Waals surface area contributed by atoms with Gasteiger partial charge in [-0.3, -0.25) is 0 Å². The third kappa shape index (κ3) is 5.27. The summed E-state index contributed by atoms with van der Waals surface area (Å²) in [7, 11) is 0. The predicted molar refractivity (Wildman–Crippen MR) is 85.9 cm³/mol. The standard InChI is InChI=1S/C17H28FN3/c1-17(2,3)20-12-13-10-11-19-16(15(13)18)21-14-8-6-4-5-7-9-14/h10-11,14,20H,4-9,12H2,1-3H3,(H,19,21). The van der Waals surface area contributed by atoms with Crippen molar-refractivity contribution in [1.82, 2.24) is 10.3 Å². The van der Waals surface area contributed by atoms with E-state index in [4.69, 9.17) is 0 Å². The minimum Gasteiger partial charge on any atom is -0.365 e. The number of hydrogen-bond donors (Lipinski definition) is 2. The van der Waals surface area contributed by atoms with E-state index in [2.05, 4.69) is 36.4 Å². The summed E-state index contributed by atoms with van der Waals surface area (Å²) in [4.78, 5) is 4.19. The molecule has 4 heteroatoms. The molecule has 2 N–H and O–H groups in total. The highest BCUT2D eigenvalue weighted by atomic mass is 19.1. The van der Waals surface area contributed by atoms with Crippen LogP contribution in [0.15, 0.2) is 12.3 Å². The number of nitrogens with one attached hydrogen (secondary N) is 2. The van der Waals surface area contributed by atoms with E-state index in [1.807, 2.05) is 0 Å². The SMILES string of the molecule is CC(C)(C)NCc1ccnc(NC2CCCCCC2)c1F. The number of halogens is 1. The maximum atomic E-state index is 14.5. The van der Waals surface area contributed by atoms with Gasteiger partial charge in [-0.2, -0.15) is 0 Å². The molecule has 1 heterocycles. The van der Waals surface area contributed by atoms with Gasteiger partial charge < -0.3 is 10.6 Å². The summed E-state index contributed by atoms with van der Waals surface area (Å²) in [6.07, 6.45) is 8.97. The average molecular weight is 293 g/mol. The van der Waals surface area contributed by atoms with Crippen LogP contribution in [0, 0.1) is 5.82 Å². The average Bonchev–Trinajstić information content (AvgIpc) is 2.67. The van der Waals surface area contributed by atoms with E-state index in [1.165, 1.54) is 25.7 Å². The Balaban J connectivity index is 2.02. The molecule has 0 radical (unpaired) electrons. The summed E-state index contributed by atoms with van der Waals surface area (Å²) in [5.74, 6) is 0.202. The van der Waals surface area contributed by atoms with Gasteiger partial charge in [0.25, 0.3) is 0 Å². The van der Waals surface area contributed by atoms with E-state index in [9.17, 15) is 4.39 Å². The third-order valence-corrected chi connectivity index (χ3v) is 3.97. The van der Waals surface area contributed by atoms with Gasteiger partial charge in [-0.1, -0.05) is 25.7 Å². The number of hydrogen-bond acceptors (Lipinski definition) is 3. The lowest BCUT2D eigenvalue weighted by Gasteiger charge is -2.22. The lowest BCUT2D eigenvalue weighted by atomic mass is 10.1. The predicted octanol–water partition coefficient (Wildman–Crippen LogP) is 4.24. The van der Waals surface area contributed by atoms with Crippen molar-refractivity contribution in [3.63, 3.8) is 0 Å². The molecule has 0 atom stereocenters. The molecule has 118 valence electrons. The van der Waals surface area contributed by atoms with Crippen molar-refractivity contribution in [3.8, 4) is 0 Å². The van der Waals surface area contributed by atoms with Gasteiger partial charge in [-0.05, 0) is 39.7 Å². The minimum atomic E-state index is -0.210. The van der Waals surface area contributed by atoms with Crippen molar-refractivity contribution < 1.29 is 4.39 Å². The summed E-state index contributed by atoms with van der Waals surface area (Å²) in [6, 6.07) is 2.12. The lowest BCUT2D eigenvalue weighted by molar-refractivity contribution is 0.418. The molecule has 0 amide bonds.